The second-order valence-electron chi connectivity index (χ2n) is 3.83. The van der Waals surface area contributed by atoms with Crippen molar-refractivity contribution >= 4 is 0 Å². The Bertz CT molecular complexity index is 152. The topological polar surface area (TPSA) is 29.3 Å². The Morgan fingerprint density at radius 2 is 2.09 bits per heavy atom. The van der Waals surface area contributed by atoms with E-state index < -0.39 is 6.17 Å². The van der Waals surface area contributed by atoms with Crippen molar-refractivity contribution in [3.05, 3.63) is 0 Å². The molecule has 0 saturated carbocycles. The van der Waals surface area contributed by atoms with E-state index in [1.165, 1.54) is 0 Å². The number of halogens is 1. The van der Waals surface area contributed by atoms with Crippen LogP contribution in [0.15, 0.2) is 0 Å². The van der Waals surface area contributed by atoms with Crippen molar-refractivity contribution < 1.29 is 4.39 Å². The van der Waals surface area contributed by atoms with Crippen LogP contribution in [-0.2, 0) is 0 Å². The van der Waals surface area contributed by atoms with Crippen LogP contribution in [0.5, 0.6) is 0 Å². The lowest BCUT2D eigenvalue weighted by Gasteiger charge is -2.50. The molecule has 11 heavy (non-hydrogen) atoms. The molecule has 3 heteroatoms. The van der Waals surface area contributed by atoms with Crippen molar-refractivity contribution in [2.45, 2.75) is 19.0 Å². The Morgan fingerprint density at radius 1 is 1.45 bits per heavy atom. The van der Waals surface area contributed by atoms with Gasteiger partial charge in [-0.15, -0.1) is 0 Å². The number of hydrogen-bond donors (Lipinski definition) is 1. The number of rotatable bonds is 1. The molecule has 0 spiro atoms. The normalized spacial score (nSPS) is 49.6. The number of hydrogen-bond acceptors (Lipinski definition) is 2. The average molecular weight is 158 g/mol. The van der Waals surface area contributed by atoms with Gasteiger partial charge in [0.15, 0.2) is 0 Å². The van der Waals surface area contributed by atoms with E-state index in [1.807, 2.05) is 0 Å². The molecule has 2 nitrogen and oxygen atoms in total. The van der Waals surface area contributed by atoms with E-state index in [4.69, 9.17) is 5.73 Å². The molecule has 1 unspecified atom stereocenters. The van der Waals surface area contributed by atoms with Crippen molar-refractivity contribution in [1.82, 2.24) is 4.90 Å². The molecule has 0 amide bonds. The maximum Gasteiger partial charge on any atom is 0.120 e. The van der Waals surface area contributed by atoms with Crippen LogP contribution in [0.25, 0.3) is 0 Å². The summed E-state index contributed by atoms with van der Waals surface area (Å²) in [5.74, 6) is 0. The summed E-state index contributed by atoms with van der Waals surface area (Å²) in [4.78, 5) is 2.20. The third-order valence-corrected chi connectivity index (χ3v) is 3.34. The summed E-state index contributed by atoms with van der Waals surface area (Å²) < 4.78 is 13.4. The van der Waals surface area contributed by atoms with Gasteiger partial charge in [0.2, 0.25) is 0 Å². The lowest BCUT2D eigenvalue weighted by atomic mass is 9.71. The standard InChI is InChI=1S/C8H15FN2/c9-7-5-11-3-1-8(7,6-10)2-4-11/h7H,1-6,10H2. The lowest BCUT2D eigenvalue weighted by Crippen LogP contribution is -2.58. The largest absolute Gasteiger partial charge is 0.330 e. The fourth-order valence-corrected chi connectivity index (χ4v) is 2.25. The van der Waals surface area contributed by atoms with E-state index in [0.29, 0.717) is 13.1 Å². The highest BCUT2D eigenvalue weighted by Crippen LogP contribution is 2.40. The molecule has 2 N–H and O–H groups in total. The van der Waals surface area contributed by atoms with Crippen LogP contribution in [0.2, 0.25) is 0 Å². The van der Waals surface area contributed by atoms with Crippen molar-refractivity contribution in [1.29, 1.82) is 0 Å². The number of fused-ring (bicyclic) bond motifs is 3. The summed E-state index contributed by atoms with van der Waals surface area (Å²) in [5, 5.41) is 0. The van der Waals surface area contributed by atoms with Gasteiger partial charge in [-0.25, -0.2) is 4.39 Å². The number of alkyl halides is 1. The van der Waals surface area contributed by atoms with Gasteiger partial charge in [0, 0.05) is 18.5 Å². The Kier molecular flexibility index (Phi) is 1.65. The summed E-state index contributed by atoms with van der Waals surface area (Å²) in [6.07, 6.45) is 1.25. The average Bonchev–Trinajstić information content (AvgIpc) is 2.07. The third kappa shape index (κ3) is 0.983. The molecule has 0 aromatic heterocycles. The second kappa shape index (κ2) is 2.42. The predicted octanol–water partition coefficient (Wildman–Crippen LogP) is 0.379. The highest BCUT2D eigenvalue weighted by Gasteiger charge is 2.46. The first-order valence-corrected chi connectivity index (χ1v) is 4.33. The minimum Gasteiger partial charge on any atom is -0.330 e. The van der Waals surface area contributed by atoms with E-state index in [-0.39, 0.29) is 5.41 Å². The van der Waals surface area contributed by atoms with Gasteiger partial charge in [0.25, 0.3) is 0 Å². The van der Waals surface area contributed by atoms with Gasteiger partial charge in [-0.2, -0.15) is 0 Å². The number of nitrogens with zero attached hydrogens (tertiary/aromatic N) is 1. The molecule has 1 atom stereocenters. The lowest BCUT2D eigenvalue weighted by molar-refractivity contribution is -0.0453. The molecule has 3 saturated heterocycles. The molecular weight excluding hydrogens is 143 g/mol. The van der Waals surface area contributed by atoms with Crippen molar-refractivity contribution in [3.63, 3.8) is 0 Å². The molecule has 3 rings (SSSR count). The van der Waals surface area contributed by atoms with Crippen LogP contribution < -0.4 is 5.73 Å². The van der Waals surface area contributed by atoms with E-state index in [1.54, 1.807) is 0 Å². The van der Waals surface area contributed by atoms with Crippen LogP contribution in [0.4, 0.5) is 4.39 Å². The minimum absolute atomic E-state index is 0.144. The van der Waals surface area contributed by atoms with Gasteiger partial charge in [-0.05, 0) is 25.9 Å². The minimum atomic E-state index is -0.671. The molecule has 3 aliphatic rings. The van der Waals surface area contributed by atoms with Crippen LogP contribution in [0, 0.1) is 5.41 Å². The molecule has 3 aliphatic heterocycles. The summed E-state index contributed by atoms with van der Waals surface area (Å²) in [6, 6.07) is 0. The van der Waals surface area contributed by atoms with E-state index in [0.717, 1.165) is 25.9 Å². The molecule has 2 bridgehead atoms. The number of nitrogens with two attached hydrogens (primary N) is 1. The van der Waals surface area contributed by atoms with Gasteiger partial charge < -0.3 is 10.6 Å². The Balaban J connectivity index is 2.16. The second-order valence-corrected chi connectivity index (χ2v) is 3.83. The monoisotopic (exact) mass is 158 g/mol. The third-order valence-electron chi connectivity index (χ3n) is 3.34. The first kappa shape index (κ1) is 7.50. The molecule has 0 aliphatic carbocycles. The van der Waals surface area contributed by atoms with Crippen molar-refractivity contribution in [2.24, 2.45) is 11.1 Å². The van der Waals surface area contributed by atoms with Crippen molar-refractivity contribution in [3.8, 4) is 0 Å². The van der Waals surface area contributed by atoms with Crippen LogP contribution in [0.1, 0.15) is 12.8 Å². The molecule has 0 aromatic rings. The first-order chi connectivity index (χ1) is 5.27. The Hall–Kier alpha value is -0.150. The molecule has 0 aromatic carbocycles. The van der Waals surface area contributed by atoms with Crippen LogP contribution in [-0.4, -0.2) is 37.3 Å². The van der Waals surface area contributed by atoms with Crippen LogP contribution >= 0.6 is 0 Å². The zero-order valence-electron chi connectivity index (χ0n) is 6.72. The van der Waals surface area contributed by atoms with Crippen molar-refractivity contribution in [2.75, 3.05) is 26.2 Å². The smallest absolute Gasteiger partial charge is 0.120 e. The number of piperidine rings is 3. The Morgan fingerprint density at radius 3 is 2.45 bits per heavy atom. The highest BCUT2D eigenvalue weighted by atomic mass is 19.1. The van der Waals surface area contributed by atoms with Gasteiger partial charge in [0.1, 0.15) is 6.17 Å². The fraction of sp³-hybridized carbons (Fsp3) is 1.00. The predicted molar refractivity (Wildman–Crippen MR) is 42.1 cm³/mol. The maximum absolute atomic E-state index is 13.4. The van der Waals surface area contributed by atoms with E-state index in [9.17, 15) is 4.39 Å². The summed E-state index contributed by atoms with van der Waals surface area (Å²) in [6.45, 7) is 3.26. The van der Waals surface area contributed by atoms with Gasteiger partial charge >= 0.3 is 0 Å². The van der Waals surface area contributed by atoms with Gasteiger partial charge in [-0.3, -0.25) is 0 Å². The molecule has 3 fully saturated rings. The van der Waals surface area contributed by atoms with E-state index >= 15 is 0 Å². The quantitative estimate of drug-likeness (QED) is 0.597. The molecule has 64 valence electrons. The summed E-state index contributed by atoms with van der Waals surface area (Å²) in [5.41, 5.74) is 5.46. The van der Waals surface area contributed by atoms with Crippen LogP contribution in [0.3, 0.4) is 0 Å². The molecular formula is C8H15FN2. The molecule has 3 heterocycles. The van der Waals surface area contributed by atoms with E-state index in [2.05, 4.69) is 4.90 Å². The fourth-order valence-electron chi connectivity index (χ4n) is 2.25. The molecule has 0 radical (unpaired) electrons. The Labute approximate surface area is 66.5 Å². The zero-order valence-corrected chi connectivity index (χ0v) is 6.72. The van der Waals surface area contributed by atoms with Gasteiger partial charge in [0.05, 0.1) is 0 Å². The highest BCUT2D eigenvalue weighted by molar-refractivity contribution is 4.98. The summed E-state index contributed by atoms with van der Waals surface area (Å²) >= 11 is 0. The maximum atomic E-state index is 13.4. The summed E-state index contributed by atoms with van der Waals surface area (Å²) in [7, 11) is 0. The van der Waals surface area contributed by atoms with Gasteiger partial charge in [-0.1, -0.05) is 0 Å². The SMILES string of the molecule is NCC12CCN(CC1)CC2F. The first-order valence-electron chi connectivity index (χ1n) is 4.33. The zero-order chi connectivity index (χ0) is 7.90.